The van der Waals surface area contributed by atoms with E-state index in [4.69, 9.17) is 4.74 Å². The standard InChI is InChI=1S/C22H30N2O3/c1-5-18(16-25)24(20-9-8-10-21(15-20)27-4)19-13-11-17(12-14-19)22(26)23(6-2)7-3/h8-15,18,25H,5-7,16H2,1-4H3. The normalized spacial score (nSPS) is 11.7. The third-order valence-corrected chi connectivity index (χ3v) is 4.82. The number of amides is 1. The number of carbonyl (C=O) groups is 1. The fourth-order valence-corrected chi connectivity index (χ4v) is 3.18. The molecule has 27 heavy (non-hydrogen) atoms. The number of nitrogens with zero attached hydrogens (tertiary/aromatic N) is 2. The monoisotopic (exact) mass is 370 g/mol. The Kier molecular flexibility index (Phi) is 7.67. The number of hydrogen-bond acceptors (Lipinski definition) is 4. The zero-order chi connectivity index (χ0) is 19.8. The molecule has 1 amide bonds. The molecule has 5 heteroatoms. The first-order valence-corrected chi connectivity index (χ1v) is 9.52. The number of benzene rings is 2. The van der Waals surface area contributed by atoms with Crippen molar-refractivity contribution in [3.8, 4) is 5.75 Å². The van der Waals surface area contributed by atoms with Gasteiger partial charge < -0.3 is 19.6 Å². The number of ether oxygens (including phenoxy) is 1. The predicted octanol–water partition coefficient (Wildman–Crippen LogP) is 4.09. The summed E-state index contributed by atoms with van der Waals surface area (Å²) in [4.78, 5) is 16.4. The van der Waals surface area contributed by atoms with Gasteiger partial charge in [0.1, 0.15) is 5.75 Å². The molecular formula is C22H30N2O3. The summed E-state index contributed by atoms with van der Waals surface area (Å²) in [5, 5.41) is 9.89. The third kappa shape index (κ3) is 4.80. The highest BCUT2D eigenvalue weighted by Crippen LogP contribution is 2.31. The van der Waals surface area contributed by atoms with Crippen molar-refractivity contribution in [1.29, 1.82) is 0 Å². The minimum absolute atomic E-state index is 0.0356. The van der Waals surface area contributed by atoms with E-state index >= 15 is 0 Å². The second kappa shape index (κ2) is 9.97. The molecule has 0 aliphatic carbocycles. The van der Waals surface area contributed by atoms with E-state index in [0.29, 0.717) is 18.7 Å². The second-order valence-electron chi connectivity index (χ2n) is 6.34. The van der Waals surface area contributed by atoms with Gasteiger partial charge in [0.15, 0.2) is 0 Å². The van der Waals surface area contributed by atoms with Crippen LogP contribution in [0.4, 0.5) is 11.4 Å². The minimum atomic E-state index is -0.0681. The van der Waals surface area contributed by atoms with Gasteiger partial charge in [0.2, 0.25) is 0 Å². The van der Waals surface area contributed by atoms with Crippen molar-refractivity contribution in [2.45, 2.75) is 33.2 Å². The largest absolute Gasteiger partial charge is 0.497 e. The van der Waals surface area contributed by atoms with Gasteiger partial charge in [-0.2, -0.15) is 0 Å². The highest BCUT2D eigenvalue weighted by molar-refractivity contribution is 5.94. The zero-order valence-electron chi connectivity index (χ0n) is 16.7. The second-order valence-corrected chi connectivity index (χ2v) is 6.34. The molecule has 0 heterocycles. The molecule has 2 aromatic carbocycles. The number of anilines is 2. The van der Waals surface area contributed by atoms with Gasteiger partial charge in [0, 0.05) is 36.1 Å². The molecule has 0 saturated carbocycles. The molecule has 0 spiro atoms. The molecule has 2 aromatic rings. The summed E-state index contributed by atoms with van der Waals surface area (Å²) in [6, 6.07) is 15.3. The van der Waals surface area contributed by atoms with Crippen molar-refractivity contribution in [2.75, 3.05) is 31.7 Å². The number of rotatable bonds is 9. The molecule has 0 aliphatic heterocycles. The maximum atomic E-state index is 12.5. The van der Waals surface area contributed by atoms with Crippen LogP contribution >= 0.6 is 0 Å². The van der Waals surface area contributed by atoms with Gasteiger partial charge in [0.25, 0.3) is 5.91 Å². The molecular weight excluding hydrogens is 340 g/mol. The highest BCUT2D eigenvalue weighted by Gasteiger charge is 2.20. The Morgan fingerprint density at radius 2 is 1.70 bits per heavy atom. The quantitative estimate of drug-likeness (QED) is 0.722. The number of methoxy groups -OCH3 is 1. The molecule has 146 valence electrons. The van der Waals surface area contributed by atoms with E-state index < -0.39 is 0 Å². The summed E-state index contributed by atoms with van der Waals surface area (Å²) < 4.78 is 5.35. The molecule has 5 nitrogen and oxygen atoms in total. The van der Waals surface area contributed by atoms with Gasteiger partial charge in [-0.3, -0.25) is 4.79 Å². The van der Waals surface area contributed by atoms with Crippen LogP contribution in [0.5, 0.6) is 5.75 Å². The van der Waals surface area contributed by atoms with Gasteiger partial charge >= 0.3 is 0 Å². The third-order valence-electron chi connectivity index (χ3n) is 4.82. The Morgan fingerprint density at radius 1 is 1.04 bits per heavy atom. The maximum Gasteiger partial charge on any atom is 0.253 e. The number of hydrogen-bond donors (Lipinski definition) is 1. The van der Waals surface area contributed by atoms with Crippen LogP contribution in [0.3, 0.4) is 0 Å². The Balaban J connectivity index is 2.40. The molecule has 0 bridgehead atoms. The average molecular weight is 370 g/mol. The minimum Gasteiger partial charge on any atom is -0.497 e. The van der Waals surface area contributed by atoms with Crippen LogP contribution in [0.15, 0.2) is 48.5 Å². The van der Waals surface area contributed by atoms with Crippen molar-refractivity contribution in [2.24, 2.45) is 0 Å². The molecule has 0 aliphatic rings. The summed E-state index contributed by atoms with van der Waals surface area (Å²) in [5.74, 6) is 0.798. The molecule has 1 unspecified atom stereocenters. The van der Waals surface area contributed by atoms with E-state index in [1.807, 2.05) is 69.3 Å². The number of carbonyl (C=O) groups excluding carboxylic acids is 1. The lowest BCUT2D eigenvalue weighted by molar-refractivity contribution is 0.0773. The highest BCUT2D eigenvalue weighted by atomic mass is 16.5. The molecule has 1 N–H and O–H groups in total. The summed E-state index contributed by atoms with van der Waals surface area (Å²) in [6.45, 7) is 7.42. The first-order chi connectivity index (χ1) is 13.1. The van der Waals surface area contributed by atoms with Gasteiger partial charge in [-0.25, -0.2) is 0 Å². The first-order valence-electron chi connectivity index (χ1n) is 9.52. The van der Waals surface area contributed by atoms with E-state index in [1.165, 1.54) is 0 Å². The van der Waals surface area contributed by atoms with Crippen LogP contribution in [0.25, 0.3) is 0 Å². The van der Waals surface area contributed by atoms with Gasteiger partial charge in [-0.1, -0.05) is 13.0 Å². The van der Waals surface area contributed by atoms with Gasteiger partial charge in [-0.05, 0) is 56.7 Å². The molecule has 0 aromatic heterocycles. The Bertz CT molecular complexity index is 723. The number of aliphatic hydroxyl groups excluding tert-OH is 1. The first kappa shape index (κ1) is 20.8. The van der Waals surface area contributed by atoms with Gasteiger partial charge in [0.05, 0.1) is 19.8 Å². The molecule has 2 rings (SSSR count). The molecule has 0 radical (unpaired) electrons. The van der Waals surface area contributed by atoms with Crippen LogP contribution in [0.2, 0.25) is 0 Å². The Morgan fingerprint density at radius 3 is 2.22 bits per heavy atom. The molecule has 0 saturated heterocycles. The fraction of sp³-hybridized carbons (Fsp3) is 0.409. The lowest BCUT2D eigenvalue weighted by Gasteiger charge is -2.32. The van der Waals surface area contributed by atoms with Crippen molar-refractivity contribution >= 4 is 17.3 Å². The van der Waals surface area contributed by atoms with Crippen molar-refractivity contribution in [3.63, 3.8) is 0 Å². The Hall–Kier alpha value is -2.53. The maximum absolute atomic E-state index is 12.5. The lowest BCUT2D eigenvalue weighted by Crippen LogP contribution is -2.34. The predicted molar refractivity (Wildman–Crippen MR) is 110 cm³/mol. The SMILES string of the molecule is CCC(CO)N(c1ccc(C(=O)N(CC)CC)cc1)c1cccc(OC)c1. The lowest BCUT2D eigenvalue weighted by atomic mass is 10.1. The van der Waals surface area contributed by atoms with E-state index in [2.05, 4.69) is 4.90 Å². The zero-order valence-corrected chi connectivity index (χ0v) is 16.7. The van der Waals surface area contributed by atoms with Crippen molar-refractivity contribution in [1.82, 2.24) is 4.90 Å². The summed E-state index contributed by atoms with van der Waals surface area (Å²) in [7, 11) is 1.64. The van der Waals surface area contributed by atoms with E-state index in [0.717, 1.165) is 23.5 Å². The van der Waals surface area contributed by atoms with E-state index in [1.54, 1.807) is 12.0 Å². The van der Waals surface area contributed by atoms with E-state index in [-0.39, 0.29) is 18.6 Å². The van der Waals surface area contributed by atoms with E-state index in [9.17, 15) is 9.90 Å². The van der Waals surface area contributed by atoms with Crippen LogP contribution in [-0.4, -0.2) is 48.8 Å². The topological polar surface area (TPSA) is 53.0 Å². The van der Waals surface area contributed by atoms with Crippen LogP contribution in [0, 0.1) is 0 Å². The molecule has 0 fully saturated rings. The van der Waals surface area contributed by atoms with Crippen molar-refractivity contribution < 1.29 is 14.6 Å². The Labute approximate surface area is 162 Å². The summed E-state index contributed by atoms with van der Waals surface area (Å²) in [5.41, 5.74) is 2.54. The van der Waals surface area contributed by atoms with Gasteiger partial charge in [-0.15, -0.1) is 0 Å². The fourth-order valence-electron chi connectivity index (χ4n) is 3.18. The smallest absolute Gasteiger partial charge is 0.253 e. The number of aliphatic hydroxyl groups is 1. The van der Waals surface area contributed by atoms with Crippen molar-refractivity contribution in [3.05, 3.63) is 54.1 Å². The summed E-state index contributed by atoms with van der Waals surface area (Å²) in [6.07, 6.45) is 0.786. The van der Waals surface area contributed by atoms with Crippen LogP contribution in [-0.2, 0) is 0 Å². The average Bonchev–Trinajstić information content (AvgIpc) is 2.73. The van der Waals surface area contributed by atoms with Crippen LogP contribution in [0.1, 0.15) is 37.6 Å². The van der Waals surface area contributed by atoms with Crippen LogP contribution < -0.4 is 9.64 Å². The molecule has 1 atom stereocenters. The summed E-state index contributed by atoms with van der Waals surface area (Å²) >= 11 is 0.